The molecule has 36 heavy (non-hydrogen) atoms. The van der Waals surface area contributed by atoms with Gasteiger partial charge in [0.15, 0.2) is 6.10 Å². The molecule has 1 heterocycles. The van der Waals surface area contributed by atoms with Crippen LogP contribution in [0, 0.1) is 0 Å². The minimum absolute atomic E-state index is 0.132. The third-order valence-corrected chi connectivity index (χ3v) is 5.37. The van der Waals surface area contributed by atoms with E-state index in [1.54, 1.807) is 36.7 Å². The number of H-pyrrole nitrogens is 1. The number of nitrogens with zero attached hydrogens (tertiary/aromatic N) is 2. The van der Waals surface area contributed by atoms with Crippen molar-refractivity contribution in [1.29, 1.82) is 0 Å². The van der Waals surface area contributed by atoms with Crippen molar-refractivity contribution in [3.63, 3.8) is 0 Å². The number of ether oxygens (including phenoxy) is 2. The monoisotopic (exact) mass is 485 g/mol. The number of amidine groups is 1. The highest BCUT2D eigenvalue weighted by molar-refractivity contribution is 5.97. The number of aromatic amines is 1. The molecule has 0 bridgehead atoms. The number of esters is 1. The minimum Gasteiger partial charge on any atom is -0.490 e. The van der Waals surface area contributed by atoms with Crippen LogP contribution in [0.4, 0.5) is 0 Å². The van der Waals surface area contributed by atoms with Crippen LogP contribution in [0.5, 0.6) is 5.75 Å². The van der Waals surface area contributed by atoms with Crippen LogP contribution in [0.3, 0.4) is 0 Å². The Kier molecular flexibility index (Phi) is 8.42. The van der Waals surface area contributed by atoms with Crippen molar-refractivity contribution in [3.8, 4) is 5.75 Å². The molecule has 184 valence electrons. The number of carbonyl (C=O) groups is 1. The van der Waals surface area contributed by atoms with Crippen LogP contribution in [0.2, 0.25) is 0 Å². The fraction of sp³-hybridized carbons (Fsp3) is 0.148. The lowest BCUT2D eigenvalue weighted by atomic mass is 10.0. The number of nitrogens with one attached hydrogen (secondary N) is 1. The zero-order chi connectivity index (χ0) is 25.2. The number of carbonyl (C=O) groups excluding carboxylic acids is 1. The first-order valence-corrected chi connectivity index (χ1v) is 11.3. The smallest absolute Gasteiger partial charge is 0.341 e. The van der Waals surface area contributed by atoms with Crippen LogP contribution >= 0.6 is 0 Å². The summed E-state index contributed by atoms with van der Waals surface area (Å²) in [6.45, 7) is 0.217. The number of imidazole rings is 1. The molecule has 1 atom stereocenters. The van der Waals surface area contributed by atoms with Gasteiger partial charge in [-0.1, -0.05) is 60.7 Å². The van der Waals surface area contributed by atoms with E-state index in [9.17, 15) is 4.79 Å². The number of aliphatic imine (C=N–C) groups is 1. The largest absolute Gasteiger partial charge is 0.490 e. The molecule has 0 aliphatic carbocycles. The van der Waals surface area contributed by atoms with Crippen molar-refractivity contribution in [2.45, 2.75) is 18.8 Å². The van der Waals surface area contributed by atoms with E-state index in [1.165, 1.54) is 0 Å². The van der Waals surface area contributed by atoms with Crippen molar-refractivity contribution >= 4 is 11.8 Å². The van der Waals surface area contributed by atoms with E-state index in [2.05, 4.69) is 15.0 Å². The second-order valence-corrected chi connectivity index (χ2v) is 7.84. The Morgan fingerprint density at radius 3 is 2.14 bits per heavy atom. The molecule has 0 spiro atoms. The van der Waals surface area contributed by atoms with Gasteiger partial charge in [0.05, 0.1) is 6.54 Å². The Bertz CT molecular complexity index is 1210. The average Bonchev–Trinajstić information content (AvgIpc) is 3.46. The van der Waals surface area contributed by atoms with Crippen LogP contribution < -0.4 is 16.4 Å². The predicted molar refractivity (Wildman–Crippen MR) is 135 cm³/mol. The molecule has 9 heteroatoms. The Balaban J connectivity index is 1.37. The topological polar surface area (TPSA) is 138 Å². The van der Waals surface area contributed by atoms with Gasteiger partial charge in [-0.05, 0) is 35.4 Å². The number of aromatic nitrogens is 2. The van der Waals surface area contributed by atoms with Gasteiger partial charge in [-0.15, -0.1) is 0 Å². The van der Waals surface area contributed by atoms with Crippen molar-refractivity contribution in [2.24, 2.45) is 16.6 Å². The average molecular weight is 486 g/mol. The van der Waals surface area contributed by atoms with Crippen molar-refractivity contribution in [1.82, 2.24) is 9.97 Å². The van der Waals surface area contributed by atoms with Crippen LogP contribution in [0.15, 0.2) is 102 Å². The van der Waals surface area contributed by atoms with E-state index < -0.39 is 18.2 Å². The number of nitrogens with two attached hydrogens (primary N) is 2. The molecule has 0 unspecified atom stereocenters. The van der Waals surface area contributed by atoms with Crippen LogP contribution in [0.25, 0.3) is 0 Å². The summed E-state index contributed by atoms with van der Waals surface area (Å²) in [5, 5.41) is 0. The molecule has 0 saturated carbocycles. The van der Waals surface area contributed by atoms with Gasteiger partial charge in [-0.2, -0.15) is 0 Å². The lowest BCUT2D eigenvalue weighted by Crippen LogP contribution is -2.35. The van der Waals surface area contributed by atoms with Crippen LogP contribution in [0.1, 0.15) is 28.6 Å². The lowest BCUT2D eigenvalue weighted by molar-refractivity contribution is -0.163. The molecule has 0 saturated heterocycles. The maximum absolute atomic E-state index is 12.9. The first-order valence-electron chi connectivity index (χ1n) is 11.3. The molecule has 3 aromatic carbocycles. The molecular weight excluding hydrogens is 458 g/mol. The third-order valence-electron chi connectivity index (χ3n) is 5.37. The SMILES string of the molecule is NO[C@@H](COc1ccc(C(N)=NCc2ncc[nH]2)cc1)C(=O)OC(c1ccccc1)c1ccccc1. The minimum atomic E-state index is -1.13. The van der Waals surface area contributed by atoms with E-state index in [0.29, 0.717) is 18.1 Å². The lowest BCUT2D eigenvalue weighted by Gasteiger charge is -2.22. The first kappa shape index (κ1) is 24.6. The fourth-order valence-electron chi connectivity index (χ4n) is 3.47. The molecule has 4 rings (SSSR count). The van der Waals surface area contributed by atoms with Gasteiger partial charge in [0.1, 0.15) is 24.0 Å². The highest BCUT2D eigenvalue weighted by Crippen LogP contribution is 2.26. The summed E-state index contributed by atoms with van der Waals surface area (Å²) in [6.07, 6.45) is 1.65. The standard InChI is InChI=1S/C27H27N5O4/c28-26(32-17-24-30-15-16-31-24)21-11-13-22(14-12-21)34-18-23(36-29)27(33)35-25(19-7-3-1-4-8-19)20-9-5-2-6-10-20/h1-16,23,25H,17-18,29H2,(H2,28,32)(H,30,31)/t23-/m0/s1. The molecule has 0 aliphatic rings. The number of hydrogen-bond acceptors (Lipinski definition) is 7. The number of rotatable bonds is 11. The highest BCUT2D eigenvalue weighted by Gasteiger charge is 2.27. The number of benzene rings is 3. The Hall–Kier alpha value is -4.47. The second kappa shape index (κ2) is 12.3. The summed E-state index contributed by atoms with van der Waals surface area (Å²) < 4.78 is 11.5. The molecular formula is C27H27N5O4. The molecule has 1 aromatic heterocycles. The summed E-state index contributed by atoms with van der Waals surface area (Å²) in [7, 11) is 0. The maximum Gasteiger partial charge on any atom is 0.341 e. The molecule has 0 aliphatic heterocycles. The van der Waals surface area contributed by atoms with Gasteiger partial charge in [0.2, 0.25) is 6.10 Å². The Morgan fingerprint density at radius 2 is 1.58 bits per heavy atom. The molecule has 4 aromatic rings. The zero-order valence-electron chi connectivity index (χ0n) is 19.5. The first-order chi connectivity index (χ1) is 17.6. The quantitative estimate of drug-likeness (QED) is 0.128. The number of hydrogen-bond donors (Lipinski definition) is 3. The third kappa shape index (κ3) is 6.56. The summed E-state index contributed by atoms with van der Waals surface area (Å²) in [5.41, 5.74) is 8.45. The summed E-state index contributed by atoms with van der Waals surface area (Å²) in [6, 6.07) is 25.9. The molecule has 0 radical (unpaired) electrons. The summed E-state index contributed by atoms with van der Waals surface area (Å²) in [5.74, 6) is 6.37. The maximum atomic E-state index is 12.9. The molecule has 0 fully saturated rings. The van der Waals surface area contributed by atoms with Crippen LogP contribution in [-0.2, 0) is 20.9 Å². The van der Waals surface area contributed by atoms with Crippen LogP contribution in [-0.4, -0.2) is 34.5 Å². The fourth-order valence-corrected chi connectivity index (χ4v) is 3.47. The van der Waals surface area contributed by atoms with Crippen molar-refractivity contribution in [3.05, 3.63) is 120 Å². The normalized spacial score (nSPS) is 12.3. The highest BCUT2D eigenvalue weighted by atomic mass is 16.7. The summed E-state index contributed by atoms with van der Waals surface area (Å²) >= 11 is 0. The van der Waals surface area contributed by atoms with E-state index in [0.717, 1.165) is 22.5 Å². The van der Waals surface area contributed by atoms with E-state index in [-0.39, 0.29) is 6.61 Å². The predicted octanol–water partition coefficient (Wildman–Crippen LogP) is 3.29. The van der Waals surface area contributed by atoms with Gasteiger partial charge in [-0.25, -0.2) is 15.7 Å². The van der Waals surface area contributed by atoms with Gasteiger partial charge < -0.3 is 20.2 Å². The zero-order valence-corrected chi connectivity index (χ0v) is 19.5. The van der Waals surface area contributed by atoms with E-state index >= 15 is 0 Å². The molecule has 9 nitrogen and oxygen atoms in total. The molecule has 0 amide bonds. The van der Waals surface area contributed by atoms with Gasteiger partial charge in [0.25, 0.3) is 0 Å². The van der Waals surface area contributed by atoms with E-state index in [4.69, 9.17) is 25.9 Å². The Morgan fingerprint density at radius 1 is 0.944 bits per heavy atom. The Labute approximate surface area is 208 Å². The van der Waals surface area contributed by atoms with Gasteiger partial charge >= 0.3 is 5.97 Å². The van der Waals surface area contributed by atoms with E-state index in [1.807, 2.05) is 60.7 Å². The van der Waals surface area contributed by atoms with Crippen molar-refractivity contribution in [2.75, 3.05) is 6.61 Å². The molecule has 5 N–H and O–H groups in total. The van der Waals surface area contributed by atoms with Crippen molar-refractivity contribution < 1.29 is 19.1 Å². The van der Waals surface area contributed by atoms with Gasteiger partial charge in [-0.3, -0.25) is 9.83 Å². The second-order valence-electron chi connectivity index (χ2n) is 7.84. The van der Waals surface area contributed by atoms with Gasteiger partial charge in [0, 0.05) is 18.0 Å². The summed E-state index contributed by atoms with van der Waals surface area (Å²) in [4.78, 5) is 29.2.